The Balaban J connectivity index is 1.52. The highest BCUT2D eigenvalue weighted by Crippen LogP contribution is 2.26. The van der Waals surface area contributed by atoms with Gasteiger partial charge in [0.05, 0.1) is 19.7 Å². The highest BCUT2D eigenvalue weighted by Gasteiger charge is 2.27. The number of ether oxygens (including phenoxy) is 2. The van der Waals surface area contributed by atoms with Gasteiger partial charge in [-0.05, 0) is 62.1 Å². The van der Waals surface area contributed by atoms with E-state index < -0.39 is 17.7 Å². The third kappa shape index (κ3) is 7.14. The summed E-state index contributed by atoms with van der Waals surface area (Å²) in [7, 11) is 1.66. The third-order valence-electron chi connectivity index (χ3n) is 6.94. The van der Waals surface area contributed by atoms with Crippen molar-refractivity contribution in [2.45, 2.75) is 58.2 Å². The molecule has 0 aliphatic carbocycles. The van der Waals surface area contributed by atoms with Crippen molar-refractivity contribution < 1.29 is 14.3 Å². The number of nitrogens with one attached hydrogen (secondary N) is 2. The molecule has 0 saturated heterocycles. The number of H-pyrrole nitrogens is 1. The van der Waals surface area contributed by atoms with E-state index in [0.717, 1.165) is 40.0 Å². The van der Waals surface area contributed by atoms with E-state index in [1.807, 2.05) is 87.6 Å². The summed E-state index contributed by atoms with van der Waals surface area (Å²) in [6.45, 7) is 6.12. The van der Waals surface area contributed by atoms with Crippen LogP contribution >= 0.6 is 0 Å². The predicted molar refractivity (Wildman–Crippen MR) is 160 cm³/mol. The minimum atomic E-state index is -0.632. The summed E-state index contributed by atoms with van der Waals surface area (Å²) in [6, 6.07) is 26.0. The van der Waals surface area contributed by atoms with Crippen molar-refractivity contribution in [1.82, 2.24) is 25.1 Å². The molecule has 2 heterocycles. The van der Waals surface area contributed by atoms with Gasteiger partial charge in [-0.3, -0.25) is 0 Å². The summed E-state index contributed by atoms with van der Waals surface area (Å²) >= 11 is 0. The smallest absolute Gasteiger partial charge is 0.408 e. The molecule has 0 aliphatic heterocycles. The summed E-state index contributed by atoms with van der Waals surface area (Å²) in [5.41, 5.74) is 3.80. The fourth-order valence-electron chi connectivity index (χ4n) is 4.96. The molecule has 0 aliphatic rings. The molecule has 5 aromatic rings. The number of fused-ring (bicyclic) bond motifs is 1. The maximum absolute atomic E-state index is 13.1. The fraction of sp³-hybridized carbons (Fsp3) is 0.303. The van der Waals surface area contributed by atoms with Gasteiger partial charge in [-0.1, -0.05) is 60.7 Å². The van der Waals surface area contributed by atoms with Gasteiger partial charge in [0.1, 0.15) is 17.2 Å². The number of rotatable bonds is 10. The summed E-state index contributed by atoms with van der Waals surface area (Å²) in [5, 5.41) is 13.5. The van der Waals surface area contributed by atoms with Crippen LogP contribution in [0.1, 0.15) is 55.2 Å². The first-order valence-corrected chi connectivity index (χ1v) is 13.9. The molecule has 0 bridgehead atoms. The predicted octanol–water partition coefficient (Wildman–Crippen LogP) is 6.41. The standard InChI is InChI=1S/C33H37N5O3/c1-33(2,3)41-32(39)35-29(20-25-21-34-28-13-9-8-12-27(25)28)31-37-36-30(19-16-23-10-6-5-7-11-23)38(31)22-24-14-17-26(40-4)18-15-24/h5-15,17-18,21,29,34H,16,19-20,22H2,1-4H3,(H,35,39)/t29-/m1/s1. The Morgan fingerprint density at radius 2 is 1.66 bits per heavy atom. The Hall–Kier alpha value is -4.59. The number of methoxy groups -OCH3 is 1. The molecular formula is C33H37N5O3. The maximum atomic E-state index is 13.1. The highest BCUT2D eigenvalue weighted by atomic mass is 16.6. The number of aromatic amines is 1. The average Bonchev–Trinajstić information content (AvgIpc) is 3.55. The lowest BCUT2D eigenvalue weighted by molar-refractivity contribution is 0.0500. The Labute approximate surface area is 240 Å². The molecule has 2 aromatic heterocycles. The fourth-order valence-corrected chi connectivity index (χ4v) is 4.96. The van der Waals surface area contributed by atoms with Crippen LogP contribution in [0.5, 0.6) is 5.75 Å². The number of hydrogen-bond donors (Lipinski definition) is 2. The van der Waals surface area contributed by atoms with Gasteiger partial charge in [-0.15, -0.1) is 10.2 Å². The topological polar surface area (TPSA) is 94.1 Å². The first-order chi connectivity index (χ1) is 19.8. The second kappa shape index (κ2) is 12.3. The SMILES string of the molecule is COc1ccc(Cn2c(CCc3ccccc3)nnc2[C@@H](Cc2c[nH]c3ccccc23)NC(=O)OC(C)(C)C)cc1. The van der Waals surface area contributed by atoms with Crippen LogP contribution in [0.15, 0.2) is 85.1 Å². The van der Waals surface area contributed by atoms with Crippen molar-refractivity contribution in [3.63, 3.8) is 0 Å². The van der Waals surface area contributed by atoms with Crippen molar-refractivity contribution in [2.24, 2.45) is 0 Å². The largest absolute Gasteiger partial charge is 0.497 e. The quantitative estimate of drug-likeness (QED) is 0.209. The number of benzene rings is 3. The molecule has 1 atom stereocenters. The number of carbonyl (C=O) groups is 1. The summed E-state index contributed by atoms with van der Waals surface area (Å²) in [6.07, 6.45) is 3.55. The molecule has 0 saturated carbocycles. The zero-order chi connectivity index (χ0) is 28.8. The Morgan fingerprint density at radius 3 is 2.39 bits per heavy atom. The molecule has 2 N–H and O–H groups in total. The Morgan fingerprint density at radius 1 is 0.927 bits per heavy atom. The van der Waals surface area contributed by atoms with Crippen molar-refractivity contribution in [3.8, 4) is 5.75 Å². The summed E-state index contributed by atoms with van der Waals surface area (Å²) in [5.74, 6) is 2.33. The van der Waals surface area contributed by atoms with Gasteiger partial charge in [-0.2, -0.15) is 0 Å². The molecule has 41 heavy (non-hydrogen) atoms. The van der Waals surface area contributed by atoms with Gasteiger partial charge < -0.3 is 24.3 Å². The number of hydrogen-bond acceptors (Lipinski definition) is 5. The summed E-state index contributed by atoms with van der Waals surface area (Å²) < 4.78 is 13.1. The zero-order valence-corrected chi connectivity index (χ0v) is 24.1. The van der Waals surface area contributed by atoms with Crippen molar-refractivity contribution >= 4 is 17.0 Å². The van der Waals surface area contributed by atoms with E-state index in [1.165, 1.54) is 5.56 Å². The lowest BCUT2D eigenvalue weighted by Crippen LogP contribution is -2.37. The van der Waals surface area contributed by atoms with Crippen LogP contribution in [-0.2, 0) is 30.5 Å². The molecule has 3 aromatic carbocycles. The number of nitrogens with zero attached hydrogens (tertiary/aromatic N) is 3. The van der Waals surface area contributed by atoms with Crippen LogP contribution in [0, 0.1) is 0 Å². The second-order valence-electron chi connectivity index (χ2n) is 11.2. The molecule has 8 heteroatoms. The number of amides is 1. The van der Waals surface area contributed by atoms with E-state index >= 15 is 0 Å². The van der Waals surface area contributed by atoms with Crippen LogP contribution in [0.25, 0.3) is 10.9 Å². The number of alkyl carbamates (subject to hydrolysis) is 1. The van der Waals surface area contributed by atoms with Gasteiger partial charge in [0, 0.05) is 29.9 Å². The lowest BCUT2D eigenvalue weighted by atomic mass is 10.0. The molecule has 5 rings (SSSR count). The normalized spacial score (nSPS) is 12.3. The zero-order valence-electron chi connectivity index (χ0n) is 24.1. The molecule has 0 fully saturated rings. The summed E-state index contributed by atoms with van der Waals surface area (Å²) in [4.78, 5) is 16.4. The highest BCUT2D eigenvalue weighted by molar-refractivity contribution is 5.83. The van der Waals surface area contributed by atoms with Crippen molar-refractivity contribution in [1.29, 1.82) is 0 Å². The minimum absolute atomic E-state index is 0.472. The van der Waals surface area contributed by atoms with Crippen molar-refractivity contribution in [2.75, 3.05) is 7.11 Å². The first-order valence-electron chi connectivity index (χ1n) is 13.9. The number of carbonyl (C=O) groups excluding carboxylic acids is 1. The van der Waals surface area contributed by atoms with E-state index in [1.54, 1.807) is 7.11 Å². The van der Waals surface area contributed by atoms with E-state index in [2.05, 4.69) is 43.3 Å². The third-order valence-corrected chi connectivity index (χ3v) is 6.94. The van der Waals surface area contributed by atoms with E-state index in [-0.39, 0.29) is 0 Å². The van der Waals surface area contributed by atoms with Crippen LogP contribution in [0.4, 0.5) is 4.79 Å². The van der Waals surface area contributed by atoms with Gasteiger partial charge in [0.15, 0.2) is 5.82 Å². The molecule has 212 valence electrons. The lowest BCUT2D eigenvalue weighted by Gasteiger charge is -2.24. The monoisotopic (exact) mass is 551 g/mol. The average molecular weight is 552 g/mol. The van der Waals surface area contributed by atoms with Gasteiger partial charge >= 0.3 is 6.09 Å². The van der Waals surface area contributed by atoms with Crippen LogP contribution in [0.2, 0.25) is 0 Å². The molecule has 0 radical (unpaired) electrons. The van der Waals surface area contributed by atoms with E-state index in [0.29, 0.717) is 25.2 Å². The van der Waals surface area contributed by atoms with Gasteiger partial charge in [0.25, 0.3) is 0 Å². The minimum Gasteiger partial charge on any atom is -0.497 e. The number of para-hydroxylation sites is 1. The number of aryl methyl sites for hydroxylation is 2. The van der Waals surface area contributed by atoms with Crippen LogP contribution in [0.3, 0.4) is 0 Å². The Kier molecular flexibility index (Phi) is 8.38. The van der Waals surface area contributed by atoms with E-state index in [4.69, 9.17) is 9.47 Å². The molecule has 0 spiro atoms. The van der Waals surface area contributed by atoms with Crippen LogP contribution < -0.4 is 10.1 Å². The molecule has 8 nitrogen and oxygen atoms in total. The maximum Gasteiger partial charge on any atom is 0.408 e. The number of aromatic nitrogens is 4. The molecule has 1 amide bonds. The van der Waals surface area contributed by atoms with Gasteiger partial charge in [-0.25, -0.2) is 4.79 Å². The van der Waals surface area contributed by atoms with E-state index in [9.17, 15) is 4.79 Å². The Bertz CT molecular complexity index is 1580. The molecule has 0 unspecified atom stereocenters. The van der Waals surface area contributed by atoms with Crippen LogP contribution in [-0.4, -0.2) is 38.6 Å². The van der Waals surface area contributed by atoms with Crippen molar-refractivity contribution in [3.05, 3.63) is 113 Å². The second-order valence-corrected chi connectivity index (χ2v) is 11.2. The van der Waals surface area contributed by atoms with Gasteiger partial charge in [0.2, 0.25) is 0 Å². The molecular weight excluding hydrogens is 514 g/mol. The first kappa shape index (κ1) is 28.0.